The van der Waals surface area contributed by atoms with Gasteiger partial charge in [-0.15, -0.1) is 0 Å². The van der Waals surface area contributed by atoms with Crippen LogP contribution >= 0.6 is 0 Å². The third-order valence-electron chi connectivity index (χ3n) is 4.78. The van der Waals surface area contributed by atoms with Crippen LogP contribution in [0.3, 0.4) is 0 Å². The molecule has 5 heteroatoms. The minimum atomic E-state index is -0.538. The quantitative estimate of drug-likeness (QED) is 0.864. The smallest absolute Gasteiger partial charge is 0.248 e. The Kier molecular flexibility index (Phi) is 4.24. The lowest BCUT2D eigenvalue weighted by Gasteiger charge is -2.27. The van der Waals surface area contributed by atoms with Gasteiger partial charge in [0.2, 0.25) is 11.8 Å². The van der Waals surface area contributed by atoms with Crippen LogP contribution in [0.4, 0.5) is 0 Å². The van der Waals surface area contributed by atoms with Crippen molar-refractivity contribution in [1.29, 1.82) is 0 Å². The second-order valence-corrected chi connectivity index (χ2v) is 6.41. The van der Waals surface area contributed by atoms with Gasteiger partial charge in [0.05, 0.1) is 6.61 Å². The average molecular weight is 336 g/mol. The number of amides is 2. The molecule has 4 rings (SSSR count). The second kappa shape index (κ2) is 6.69. The van der Waals surface area contributed by atoms with E-state index < -0.39 is 12.3 Å². The number of fused-ring (bicyclic) bond motifs is 1. The predicted molar refractivity (Wildman–Crippen MR) is 92.2 cm³/mol. The first-order valence-electron chi connectivity index (χ1n) is 8.54. The standard InChI is InChI=1S/C20H20N2O3/c23-18-11-12-21(13-15-7-3-1-4-8-15)19(24)17-14-25-20(22(17)18)16-9-5-2-6-10-16/h1-10,17,20H,11-14H2/t17-,20-/m0/s1. The van der Waals surface area contributed by atoms with Gasteiger partial charge in [0.1, 0.15) is 6.04 Å². The maximum absolute atomic E-state index is 13.0. The van der Waals surface area contributed by atoms with Gasteiger partial charge in [0.15, 0.2) is 6.23 Å². The van der Waals surface area contributed by atoms with E-state index >= 15 is 0 Å². The molecule has 2 aliphatic rings. The number of rotatable bonds is 3. The monoisotopic (exact) mass is 336 g/mol. The topological polar surface area (TPSA) is 49.9 Å². The van der Waals surface area contributed by atoms with Crippen LogP contribution in [0, 0.1) is 0 Å². The summed E-state index contributed by atoms with van der Waals surface area (Å²) in [5.74, 6) is -0.0617. The zero-order chi connectivity index (χ0) is 17.2. The van der Waals surface area contributed by atoms with E-state index in [0.29, 0.717) is 19.5 Å². The zero-order valence-corrected chi connectivity index (χ0v) is 13.9. The van der Waals surface area contributed by atoms with Crippen molar-refractivity contribution >= 4 is 11.8 Å². The first-order chi connectivity index (χ1) is 12.2. The molecule has 2 aromatic carbocycles. The molecule has 0 aromatic heterocycles. The largest absolute Gasteiger partial charge is 0.351 e. The van der Waals surface area contributed by atoms with Gasteiger partial charge in [-0.2, -0.15) is 0 Å². The van der Waals surface area contributed by atoms with Gasteiger partial charge in [-0.25, -0.2) is 0 Å². The molecule has 25 heavy (non-hydrogen) atoms. The molecule has 2 heterocycles. The number of carbonyl (C=O) groups excluding carboxylic acids is 2. The van der Waals surface area contributed by atoms with E-state index in [4.69, 9.17) is 4.74 Å². The summed E-state index contributed by atoms with van der Waals surface area (Å²) >= 11 is 0. The Labute approximate surface area is 146 Å². The molecule has 0 aliphatic carbocycles. The molecular weight excluding hydrogens is 316 g/mol. The van der Waals surface area contributed by atoms with E-state index in [9.17, 15) is 9.59 Å². The van der Waals surface area contributed by atoms with Gasteiger partial charge in [0, 0.05) is 25.1 Å². The first kappa shape index (κ1) is 15.8. The lowest BCUT2D eigenvalue weighted by Crippen LogP contribution is -2.45. The third-order valence-corrected chi connectivity index (χ3v) is 4.78. The van der Waals surface area contributed by atoms with Gasteiger partial charge in [-0.3, -0.25) is 14.5 Å². The van der Waals surface area contributed by atoms with Gasteiger partial charge >= 0.3 is 0 Å². The molecule has 0 unspecified atom stereocenters. The van der Waals surface area contributed by atoms with Crippen LogP contribution in [0.2, 0.25) is 0 Å². The van der Waals surface area contributed by atoms with Gasteiger partial charge < -0.3 is 9.64 Å². The number of carbonyl (C=O) groups is 2. The highest BCUT2D eigenvalue weighted by atomic mass is 16.5. The molecule has 2 amide bonds. The molecule has 0 spiro atoms. The van der Waals surface area contributed by atoms with Gasteiger partial charge in [0.25, 0.3) is 0 Å². The maximum Gasteiger partial charge on any atom is 0.248 e. The van der Waals surface area contributed by atoms with Crippen molar-refractivity contribution in [2.24, 2.45) is 0 Å². The van der Waals surface area contributed by atoms with Crippen molar-refractivity contribution in [1.82, 2.24) is 9.80 Å². The molecule has 5 nitrogen and oxygen atoms in total. The summed E-state index contributed by atoms with van der Waals surface area (Å²) in [6.45, 7) is 1.21. The summed E-state index contributed by atoms with van der Waals surface area (Å²) in [5.41, 5.74) is 1.97. The Hall–Kier alpha value is -2.66. The van der Waals surface area contributed by atoms with E-state index in [1.807, 2.05) is 60.7 Å². The Morgan fingerprint density at radius 1 is 0.960 bits per heavy atom. The molecule has 0 saturated carbocycles. The van der Waals surface area contributed by atoms with Crippen molar-refractivity contribution in [3.05, 3.63) is 71.8 Å². The third kappa shape index (κ3) is 3.03. The predicted octanol–water partition coefficient (Wildman–Crippen LogP) is 2.35. The van der Waals surface area contributed by atoms with Crippen molar-refractivity contribution in [3.8, 4) is 0 Å². The summed E-state index contributed by atoms with van der Waals surface area (Å²) in [4.78, 5) is 29.1. The molecular formula is C20H20N2O3. The van der Waals surface area contributed by atoms with Crippen LogP contribution in [0.15, 0.2) is 60.7 Å². The lowest BCUT2D eigenvalue weighted by atomic mass is 10.1. The normalized spacial score (nSPS) is 23.5. The molecule has 0 N–H and O–H groups in total. The molecule has 2 aromatic rings. The summed E-state index contributed by atoms with van der Waals surface area (Å²) in [6, 6.07) is 18.9. The van der Waals surface area contributed by atoms with Crippen molar-refractivity contribution in [2.45, 2.75) is 25.2 Å². The number of hydrogen-bond acceptors (Lipinski definition) is 3. The fraction of sp³-hybridized carbons (Fsp3) is 0.300. The number of ether oxygens (including phenoxy) is 1. The molecule has 2 atom stereocenters. The fourth-order valence-corrected chi connectivity index (χ4v) is 3.52. The second-order valence-electron chi connectivity index (χ2n) is 6.41. The van der Waals surface area contributed by atoms with Crippen LogP contribution in [0.25, 0.3) is 0 Å². The molecule has 0 radical (unpaired) electrons. The number of benzene rings is 2. The Balaban J connectivity index is 1.58. The Bertz CT molecular complexity index is 763. The average Bonchev–Trinajstić information content (AvgIpc) is 3.06. The minimum Gasteiger partial charge on any atom is -0.351 e. The van der Waals surface area contributed by atoms with Gasteiger partial charge in [-0.1, -0.05) is 60.7 Å². The van der Waals surface area contributed by atoms with Crippen LogP contribution in [-0.4, -0.2) is 40.8 Å². The molecule has 128 valence electrons. The Morgan fingerprint density at radius 2 is 1.64 bits per heavy atom. The summed E-state index contributed by atoms with van der Waals surface area (Å²) in [6.07, 6.45) is -0.152. The summed E-state index contributed by atoms with van der Waals surface area (Å²) in [5, 5.41) is 0. The molecule has 0 bridgehead atoms. The maximum atomic E-state index is 13.0. The van der Waals surface area contributed by atoms with E-state index in [0.717, 1.165) is 11.1 Å². The molecule has 2 aliphatic heterocycles. The number of hydrogen-bond donors (Lipinski definition) is 0. The van der Waals surface area contributed by atoms with Crippen molar-refractivity contribution in [3.63, 3.8) is 0 Å². The van der Waals surface area contributed by atoms with E-state index in [-0.39, 0.29) is 18.4 Å². The van der Waals surface area contributed by atoms with Crippen molar-refractivity contribution in [2.75, 3.05) is 13.2 Å². The summed E-state index contributed by atoms with van der Waals surface area (Å²) in [7, 11) is 0. The van der Waals surface area contributed by atoms with E-state index in [2.05, 4.69) is 0 Å². The van der Waals surface area contributed by atoms with Gasteiger partial charge in [-0.05, 0) is 5.56 Å². The highest BCUT2D eigenvalue weighted by Gasteiger charge is 2.45. The highest BCUT2D eigenvalue weighted by Crippen LogP contribution is 2.33. The van der Waals surface area contributed by atoms with E-state index in [1.54, 1.807) is 9.80 Å². The Morgan fingerprint density at radius 3 is 2.36 bits per heavy atom. The van der Waals surface area contributed by atoms with Crippen LogP contribution in [-0.2, 0) is 20.9 Å². The fourth-order valence-electron chi connectivity index (χ4n) is 3.52. The first-order valence-corrected chi connectivity index (χ1v) is 8.54. The van der Waals surface area contributed by atoms with Crippen LogP contribution < -0.4 is 0 Å². The van der Waals surface area contributed by atoms with E-state index in [1.165, 1.54) is 0 Å². The minimum absolute atomic E-state index is 0.0275. The van der Waals surface area contributed by atoms with Crippen LogP contribution in [0.1, 0.15) is 23.8 Å². The number of nitrogens with zero attached hydrogens (tertiary/aromatic N) is 2. The highest BCUT2D eigenvalue weighted by molar-refractivity contribution is 5.90. The van der Waals surface area contributed by atoms with Crippen LogP contribution in [0.5, 0.6) is 0 Å². The van der Waals surface area contributed by atoms with Crippen molar-refractivity contribution < 1.29 is 14.3 Å². The lowest BCUT2D eigenvalue weighted by molar-refractivity contribution is -0.142. The molecule has 2 fully saturated rings. The SMILES string of the molecule is O=C1[C@@H]2CO[C@@H](c3ccccc3)N2C(=O)CCN1Cc1ccccc1. The zero-order valence-electron chi connectivity index (χ0n) is 13.9. The molecule has 2 saturated heterocycles. The summed E-state index contributed by atoms with van der Waals surface area (Å²) < 4.78 is 5.84.